The molecule has 3 rings (SSSR count). The van der Waals surface area contributed by atoms with Gasteiger partial charge in [-0.15, -0.1) is 12.4 Å². The molecule has 0 aliphatic carbocycles. The fourth-order valence-corrected chi connectivity index (χ4v) is 2.66. The Balaban J connectivity index is 0.00000208. The van der Waals surface area contributed by atoms with E-state index in [-0.39, 0.29) is 12.4 Å². The Bertz CT molecular complexity index is 725. The van der Waals surface area contributed by atoms with Crippen molar-refractivity contribution >= 4 is 24.3 Å². The largest absolute Gasteiger partial charge is 0.383 e. The molecule has 0 spiro atoms. The molecule has 1 aromatic heterocycles. The van der Waals surface area contributed by atoms with Crippen LogP contribution in [0.4, 0.5) is 5.82 Å². The second kappa shape index (κ2) is 8.62. The van der Waals surface area contributed by atoms with Gasteiger partial charge in [0.15, 0.2) is 0 Å². The summed E-state index contributed by atoms with van der Waals surface area (Å²) in [5, 5.41) is 0. The van der Waals surface area contributed by atoms with E-state index in [0.717, 1.165) is 37.4 Å². The molecule has 24 heavy (non-hydrogen) atoms. The van der Waals surface area contributed by atoms with Crippen molar-refractivity contribution in [2.24, 2.45) is 0 Å². The summed E-state index contributed by atoms with van der Waals surface area (Å²) in [6.45, 7) is 4.62. The monoisotopic (exact) mass is 342 g/mol. The van der Waals surface area contributed by atoms with Crippen LogP contribution in [0.3, 0.4) is 0 Å². The third kappa shape index (κ3) is 4.91. The highest BCUT2D eigenvalue weighted by Gasteiger charge is 2.12. The highest BCUT2D eigenvalue weighted by Crippen LogP contribution is 2.17. The third-order valence-corrected chi connectivity index (χ3v) is 4.03. The predicted octanol–water partition coefficient (Wildman–Crippen LogP) is 3.63. The lowest BCUT2D eigenvalue weighted by Gasteiger charge is -2.25. The van der Waals surface area contributed by atoms with Gasteiger partial charge in [-0.2, -0.15) is 0 Å². The Morgan fingerprint density at radius 1 is 1.21 bits per heavy atom. The molecular weight excluding hydrogens is 320 g/mol. The molecule has 2 aromatic rings. The lowest BCUT2D eigenvalue weighted by atomic mass is 10.1. The quantitative estimate of drug-likeness (QED) is 0.921. The molecule has 0 atom stereocenters. The predicted molar refractivity (Wildman–Crippen MR) is 102 cm³/mol. The van der Waals surface area contributed by atoms with E-state index in [1.54, 1.807) is 0 Å². The first-order valence-electron chi connectivity index (χ1n) is 7.93. The van der Waals surface area contributed by atoms with Crippen LogP contribution in [-0.2, 0) is 6.54 Å². The minimum absolute atomic E-state index is 0. The molecule has 0 amide bonds. The number of nitrogen functional groups attached to an aromatic ring is 1. The average molecular weight is 343 g/mol. The normalized spacial score (nSPS) is 15.1. The van der Waals surface area contributed by atoms with Gasteiger partial charge in [0.05, 0.1) is 0 Å². The number of hydrogen-bond donors (Lipinski definition) is 1. The van der Waals surface area contributed by atoms with Gasteiger partial charge in [-0.25, -0.2) is 9.97 Å². The first-order chi connectivity index (χ1) is 11.2. The lowest BCUT2D eigenvalue weighted by Crippen LogP contribution is -2.28. The van der Waals surface area contributed by atoms with Crippen molar-refractivity contribution in [2.75, 3.05) is 18.8 Å². The summed E-state index contributed by atoms with van der Waals surface area (Å²) in [7, 11) is 0. The second-order valence-electron chi connectivity index (χ2n) is 5.84. The minimum atomic E-state index is 0. The molecule has 1 aliphatic rings. The first kappa shape index (κ1) is 18.2. The molecule has 5 heteroatoms. The van der Waals surface area contributed by atoms with Crippen molar-refractivity contribution in [1.82, 2.24) is 14.9 Å². The maximum atomic E-state index is 5.97. The number of hydrogen-bond acceptors (Lipinski definition) is 4. The maximum Gasteiger partial charge on any atom is 0.131 e. The van der Waals surface area contributed by atoms with Crippen molar-refractivity contribution in [3.63, 3.8) is 0 Å². The van der Waals surface area contributed by atoms with Gasteiger partial charge < -0.3 is 5.73 Å². The Morgan fingerprint density at radius 3 is 2.67 bits per heavy atom. The van der Waals surface area contributed by atoms with Gasteiger partial charge in [0.25, 0.3) is 0 Å². The number of rotatable bonds is 4. The van der Waals surface area contributed by atoms with E-state index in [1.165, 1.54) is 11.1 Å². The molecule has 126 valence electrons. The number of nitrogens with two attached hydrogens (primary N) is 1. The highest BCUT2D eigenvalue weighted by molar-refractivity contribution is 5.85. The summed E-state index contributed by atoms with van der Waals surface area (Å²) in [5.41, 5.74) is 9.60. The topological polar surface area (TPSA) is 55.0 Å². The number of halogens is 1. The van der Waals surface area contributed by atoms with Gasteiger partial charge in [0, 0.05) is 31.4 Å². The zero-order valence-corrected chi connectivity index (χ0v) is 14.7. The molecule has 2 heterocycles. The fourth-order valence-electron chi connectivity index (χ4n) is 2.66. The average Bonchev–Trinajstić information content (AvgIpc) is 2.58. The lowest BCUT2D eigenvalue weighted by molar-refractivity contribution is 0.287. The zero-order valence-electron chi connectivity index (χ0n) is 13.9. The molecule has 1 aromatic carbocycles. The summed E-state index contributed by atoms with van der Waals surface area (Å²) in [6, 6.07) is 10.4. The molecular formula is C19H23ClN4. The molecule has 4 nitrogen and oxygen atoms in total. The van der Waals surface area contributed by atoms with E-state index in [9.17, 15) is 0 Å². The number of anilines is 1. The number of benzene rings is 1. The van der Waals surface area contributed by atoms with E-state index >= 15 is 0 Å². The molecule has 0 bridgehead atoms. The number of aromatic nitrogens is 2. The summed E-state index contributed by atoms with van der Waals surface area (Å²) < 4.78 is 0. The van der Waals surface area contributed by atoms with Crippen molar-refractivity contribution in [3.8, 4) is 0 Å². The Morgan fingerprint density at radius 2 is 2.00 bits per heavy atom. The molecule has 0 radical (unpaired) electrons. The second-order valence-corrected chi connectivity index (χ2v) is 5.84. The summed E-state index contributed by atoms with van der Waals surface area (Å²) in [5.74, 6) is 1.31. The smallest absolute Gasteiger partial charge is 0.131 e. The van der Waals surface area contributed by atoms with Crippen LogP contribution in [0.15, 0.2) is 54.3 Å². The zero-order chi connectivity index (χ0) is 16.1. The van der Waals surface area contributed by atoms with Crippen LogP contribution in [-0.4, -0.2) is 28.0 Å². The molecule has 2 N–H and O–H groups in total. The van der Waals surface area contributed by atoms with Gasteiger partial charge in [-0.1, -0.05) is 48.6 Å². The van der Waals surface area contributed by atoms with E-state index in [2.05, 4.69) is 57.4 Å². The summed E-state index contributed by atoms with van der Waals surface area (Å²) in [6.07, 6.45) is 9.57. The van der Waals surface area contributed by atoms with E-state index in [1.807, 2.05) is 19.2 Å². The van der Waals surface area contributed by atoms with Crippen LogP contribution in [0.2, 0.25) is 0 Å². The van der Waals surface area contributed by atoms with Gasteiger partial charge in [0.1, 0.15) is 11.6 Å². The first-order valence-corrected chi connectivity index (χ1v) is 7.93. The fraction of sp³-hybridized carbons (Fsp3) is 0.263. The van der Waals surface area contributed by atoms with Crippen LogP contribution < -0.4 is 5.73 Å². The Hall–Kier alpha value is -2.17. The number of aryl methyl sites for hydroxylation is 1. The van der Waals surface area contributed by atoms with Gasteiger partial charge in [0.2, 0.25) is 0 Å². The number of allylic oxidation sites excluding steroid dienone is 1. The standard InChI is InChI=1S/C19H22N4.ClH/c1-15-21-13-18(19(20)22-15)14-23-11-9-17(10-12-23)8-7-16-5-3-2-4-6-16;/h2-9,13H,10-12,14H2,1H3,(H2,20,21,22);1H/b8-7+;. The van der Waals surface area contributed by atoms with Gasteiger partial charge in [-0.3, -0.25) is 4.90 Å². The Labute approximate surface area is 149 Å². The van der Waals surface area contributed by atoms with Crippen molar-refractivity contribution in [1.29, 1.82) is 0 Å². The summed E-state index contributed by atoms with van der Waals surface area (Å²) >= 11 is 0. The van der Waals surface area contributed by atoms with E-state index in [0.29, 0.717) is 5.82 Å². The molecule has 0 unspecified atom stereocenters. The van der Waals surface area contributed by atoms with Crippen LogP contribution in [0.1, 0.15) is 23.4 Å². The van der Waals surface area contributed by atoms with Crippen molar-refractivity contribution < 1.29 is 0 Å². The maximum absolute atomic E-state index is 5.97. The van der Waals surface area contributed by atoms with E-state index < -0.39 is 0 Å². The van der Waals surface area contributed by atoms with Gasteiger partial charge >= 0.3 is 0 Å². The highest BCUT2D eigenvalue weighted by atomic mass is 35.5. The molecule has 0 saturated heterocycles. The van der Waals surface area contributed by atoms with Crippen LogP contribution in [0, 0.1) is 6.92 Å². The molecule has 0 saturated carbocycles. The van der Waals surface area contributed by atoms with Crippen LogP contribution >= 0.6 is 12.4 Å². The van der Waals surface area contributed by atoms with E-state index in [4.69, 9.17) is 5.73 Å². The minimum Gasteiger partial charge on any atom is -0.383 e. The third-order valence-electron chi connectivity index (χ3n) is 4.03. The van der Waals surface area contributed by atoms with Crippen molar-refractivity contribution in [2.45, 2.75) is 19.9 Å². The SMILES string of the molecule is Cc1ncc(CN2CC=C(/C=C/c3ccccc3)CC2)c(N)n1.Cl. The van der Waals surface area contributed by atoms with Crippen molar-refractivity contribution in [3.05, 3.63) is 71.2 Å². The van der Waals surface area contributed by atoms with Gasteiger partial charge in [-0.05, 0) is 24.5 Å². The van der Waals surface area contributed by atoms with Crippen LogP contribution in [0.5, 0.6) is 0 Å². The summed E-state index contributed by atoms with van der Waals surface area (Å²) in [4.78, 5) is 10.8. The molecule has 0 fully saturated rings. The van der Waals surface area contributed by atoms with Crippen LogP contribution in [0.25, 0.3) is 6.08 Å². The molecule has 1 aliphatic heterocycles. The number of nitrogens with zero attached hydrogens (tertiary/aromatic N) is 3. The Kier molecular flexibility index (Phi) is 6.53.